The predicted octanol–water partition coefficient (Wildman–Crippen LogP) is 5.27. The van der Waals surface area contributed by atoms with E-state index in [2.05, 4.69) is 15.6 Å². The lowest BCUT2D eigenvalue weighted by Gasteiger charge is -2.05. The van der Waals surface area contributed by atoms with Crippen molar-refractivity contribution in [2.24, 2.45) is 0 Å². The molecule has 0 aliphatic rings. The molecule has 3 aromatic carbocycles. The molecule has 4 aromatic rings. The Morgan fingerprint density at radius 1 is 1.00 bits per heavy atom. The second-order valence-corrected chi connectivity index (χ2v) is 9.29. The molecule has 0 saturated heterocycles. The van der Waals surface area contributed by atoms with Crippen molar-refractivity contribution < 1.29 is 9.59 Å². The number of nitrogens with one attached hydrogen (secondary N) is 2. The Labute approximate surface area is 188 Å². The number of fused-ring (bicyclic) bond motifs is 1. The summed E-state index contributed by atoms with van der Waals surface area (Å²) in [6.45, 7) is 2.48. The number of carbonyl (C=O) groups is 2. The van der Waals surface area contributed by atoms with Crippen LogP contribution < -0.4 is 10.6 Å². The van der Waals surface area contributed by atoms with Gasteiger partial charge in [0.05, 0.1) is 16.0 Å². The lowest BCUT2D eigenvalue weighted by atomic mass is 10.1. The van der Waals surface area contributed by atoms with Gasteiger partial charge in [-0.05, 0) is 42.8 Å². The van der Waals surface area contributed by atoms with Gasteiger partial charge in [-0.25, -0.2) is 4.98 Å². The first-order valence-corrected chi connectivity index (χ1v) is 11.6. The van der Waals surface area contributed by atoms with Crippen LogP contribution in [0.1, 0.15) is 21.5 Å². The quantitative estimate of drug-likeness (QED) is 0.379. The normalized spacial score (nSPS) is 10.7. The Morgan fingerprint density at radius 2 is 1.84 bits per heavy atom. The van der Waals surface area contributed by atoms with E-state index in [9.17, 15) is 9.59 Å². The van der Waals surface area contributed by atoms with E-state index in [1.165, 1.54) is 23.1 Å². The van der Waals surface area contributed by atoms with Crippen molar-refractivity contribution in [1.29, 1.82) is 0 Å². The molecule has 4 rings (SSSR count). The lowest BCUT2D eigenvalue weighted by Crippen LogP contribution is -2.24. The SMILES string of the molecule is Cc1cccc(C(=O)Nc2ccc3nc(SCC(=O)NCc4ccccc4)sc3c2)c1. The zero-order valence-corrected chi connectivity index (χ0v) is 18.6. The summed E-state index contributed by atoms with van der Waals surface area (Å²) in [7, 11) is 0. The summed E-state index contributed by atoms with van der Waals surface area (Å²) < 4.78 is 1.79. The highest BCUT2D eigenvalue weighted by Crippen LogP contribution is 2.31. The number of carbonyl (C=O) groups excluding carboxylic acids is 2. The number of thioether (sulfide) groups is 1. The van der Waals surface area contributed by atoms with Gasteiger partial charge in [0.15, 0.2) is 4.34 Å². The minimum absolute atomic E-state index is 0.0285. The monoisotopic (exact) mass is 447 g/mol. The van der Waals surface area contributed by atoms with Crippen molar-refractivity contribution in [3.8, 4) is 0 Å². The maximum atomic E-state index is 12.5. The van der Waals surface area contributed by atoms with Crippen LogP contribution in [0.2, 0.25) is 0 Å². The fraction of sp³-hybridized carbons (Fsp3) is 0.125. The molecule has 5 nitrogen and oxygen atoms in total. The number of aryl methyl sites for hydroxylation is 1. The van der Waals surface area contributed by atoms with Gasteiger partial charge in [-0.15, -0.1) is 11.3 Å². The van der Waals surface area contributed by atoms with Crippen LogP contribution in [0, 0.1) is 6.92 Å². The lowest BCUT2D eigenvalue weighted by molar-refractivity contribution is -0.118. The van der Waals surface area contributed by atoms with E-state index in [0.29, 0.717) is 17.9 Å². The average Bonchev–Trinajstić information content (AvgIpc) is 3.19. The summed E-state index contributed by atoms with van der Waals surface area (Å²) in [6, 6.07) is 23.0. The maximum Gasteiger partial charge on any atom is 0.255 e. The summed E-state index contributed by atoms with van der Waals surface area (Å²) in [5, 5.41) is 5.86. The summed E-state index contributed by atoms with van der Waals surface area (Å²) >= 11 is 2.93. The highest BCUT2D eigenvalue weighted by Gasteiger charge is 2.10. The molecule has 7 heteroatoms. The van der Waals surface area contributed by atoms with Crippen LogP contribution in [0.5, 0.6) is 0 Å². The smallest absolute Gasteiger partial charge is 0.255 e. The highest BCUT2D eigenvalue weighted by molar-refractivity contribution is 8.01. The fourth-order valence-electron chi connectivity index (χ4n) is 3.01. The van der Waals surface area contributed by atoms with Crippen molar-refractivity contribution in [3.05, 3.63) is 89.5 Å². The van der Waals surface area contributed by atoms with Crippen molar-refractivity contribution in [2.45, 2.75) is 17.8 Å². The van der Waals surface area contributed by atoms with Gasteiger partial charge in [-0.3, -0.25) is 9.59 Å². The standard InChI is InChI=1S/C24H21N3O2S2/c1-16-6-5-9-18(12-16)23(29)26-19-10-11-20-21(13-19)31-24(27-20)30-15-22(28)25-14-17-7-3-2-4-8-17/h2-13H,14-15H2,1H3,(H,25,28)(H,26,29). The Kier molecular flexibility index (Phi) is 6.64. The number of thiazole rings is 1. The first-order chi connectivity index (χ1) is 15.1. The van der Waals surface area contributed by atoms with Gasteiger partial charge in [0.2, 0.25) is 5.91 Å². The molecule has 0 atom stereocenters. The van der Waals surface area contributed by atoms with E-state index in [4.69, 9.17) is 0 Å². The minimum atomic E-state index is -0.141. The summed E-state index contributed by atoms with van der Waals surface area (Å²) in [6.07, 6.45) is 0. The van der Waals surface area contributed by atoms with Gasteiger partial charge in [0.25, 0.3) is 5.91 Å². The maximum absolute atomic E-state index is 12.5. The van der Waals surface area contributed by atoms with E-state index in [-0.39, 0.29) is 11.8 Å². The number of benzene rings is 3. The van der Waals surface area contributed by atoms with Crippen molar-refractivity contribution in [2.75, 3.05) is 11.1 Å². The minimum Gasteiger partial charge on any atom is -0.351 e. The Bertz CT molecular complexity index is 1220. The Morgan fingerprint density at radius 3 is 2.65 bits per heavy atom. The molecule has 2 amide bonds. The number of aromatic nitrogens is 1. The topological polar surface area (TPSA) is 71.1 Å². The summed E-state index contributed by atoms with van der Waals surface area (Å²) in [5.74, 6) is 0.139. The van der Waals surface area contributed by atoms with E-state index in [1.807, 2.05) is 73.7 Å². The molecular formula is C24H21N3O2S2. The third-order valence-electron chi connectivity index (χ3n) is 4.57. The van der Waals surface area contributed by atoms with Crippen LogP contribution in [0.25, 0.3) is 10.2 Å². The third kappa shape index (κ3) is 5.71. The molecule has 156 valence electrons. The summed E-state index contributed by atoms with van der Waals surface area (Å²) in [4.78, 5) is 29.2. The predicted molar refractivity (Wildman–Crippen MR) is 128 cm³/mol. The van der Waals surface area contributed by atoms with Crippen LogP contribution in [0.3, 0.4) is 0 Å². The van der Waals surface area contributed by atoms with E-state index in [0.717, 1.165) is 31.4 Å². The molecule has 0 aliphatic heterocycles. The third-order valence-corrected chi connectivity index (χ3v) is 6.73. The highest BCUT2D eigenvalue weighted by atomic mass is 32.2. The molecule has 0 unspecified atom stereocenters. The molecule has 2 N–H and O–H groups in total. The Hall–Kier alpha value is -3.16. The zero-order chi connectivity index (χ0) is 21.6. The van der Waals surface area contributed by atoms with Gasteiger partial charge in [-0.2, -0.15) is 0 Å². The second-order valence-electron chi connectivity index (χ2n) is 7.04. The van der Waals surface area contributed by atoms with E-state index >= 15 is 0 Å². The molecule has 31 heavy (non-hydrogen) atoms. The van der Waals surface area contributed by atoms with Gasteiger partial charge < -0.3 is 10.6 Å². The van der Waals surface area contributed by atoms with Crippen molar-refractivity contribution in [3.63, 3.8) is 0 Å². The van der Waals surface area contributed by atoms with Gasteiger partial charge in [-0.1, -0.05) is 59.8 Å². The first-order valence-electron chi connectivity index (χ1n) is 9.79. The van der Waals surface area contributed by atoms with E-state index in [1.54, 1.807) is 6.07 Å². The van der Waals surface area contributed by atoms with Crippen LogP contribution in [-0.2, 0) is 11.3 Å². The zero-order valence-electron chi connectivity index (χ0n) is 16.9. The largest absolute Gasteiger partial charge is 0.351 e. The molecule has 1 heterocycles. The fourth-order valence-corrected chi connectivity index (χ4v) is 4.94. The Balaban J connectivity index is 1.35. The summed E-state index contributed by atoms with van der Waals surface area (Å²) in [5.41, 5.74) is 4.31. The van der Waals surface area contributed by atoms with E-state index < -0.39 is 0 Å². The first kappa shape index (κ1) is 21.1. The molecule has 0 saturated carbocycles. The number of amides is 2. The number of hydrogen-bond acceptors (Lipinski definition) is 5. The molecule has 0 spiro atoms. The number of rotatable bonds is 7. The van der Waals surface area contributed by atoms with Gasteiger partial charge >= 0.3 is 0 Å². The van der Waals surface area contributed by atoms with Crippen molar-refractivity contribution >= 4 is 50.8 Å². The number of nitrogens with zero attached hydrogens (tertiary/aromatic N) is 1. The van der Waals surface area contributed by atoms with Crippen LogP contribution >= 0.6 is 23.1 Å². The van der Waals surface area contributed by atoms with Crippen LogP contribution in [-0.4, -0.2) is 22.6 Å². The molecule has 1 aromatic heterocycles. The van der Waals surface area contributed by atoms with Gasteiger partial charge in [0.1, 0.15) is 0 Å². The van der Waals surface area contributed by atoms with Crippen LogP contribution in [0.4, 0.5) is 5.69 Å². The van der Waals surface area contributed by atoms with Crippen molar-refractivity contribution in [1.82, 2.24) is 10.3 Å². The second kappa shape index (κ2) is 9.76. The number of anilines is 1. The van der Waals surface area contributed by atoms with Gasteiger partial charge in [0, 0.05) is 17.8 Å². The molecular weight excluding hydrogens is 426 g/mol. The molecule has 0 radical (unpaired) electrons. The number of hydrogen-bond donors (Lipinski definition) is 2. The molecule has 0 bridgehead atoms. The van der Waals surface area contributed by atoms with Crippen LogP contribution in [0.15, 0.2) is 77.1 Å². The molecule has 0 fully saturated rings. The molecule has 0 aliphatic carbocycles. The average molecular weight is 448 g/mol.